The summed E-state index contributed by atoms with van der Waals surface area (Å²) in [5, 5.41) is 13.9. The van der Waals surface area contributed by atoms with Gasteiger partial charge in [-0.1, -0.05) is 12.1 Å². The number of carbonyl (C=O) groups is 1. The molecule has 152 valence electrons. The molecule has 1 N–H and O–H groups in total. The van der Waals surface area contributed by atoms with Crippen LogP contribution in [-0.4, -0.2) is 42.0 Å². The van der Waals surface area contributed by atoms with E-state index in [-0.39, 0.29) is 24.2 Å². The Hall–Kier alpha value is -3.29. The molecule has 0 aromatic heterocycles. The van der Waals surface area contributed by atoms with Gasteiger partial charge >= 0.3 is 0 Å². The van der Waals surface area contributed by atoms with Gasteiger partial charge in [0.15, 0.2) is 11.5 Å². The number of carbonyl (C=O) groups excluding carboxylic acids is 1. The SMILES string of the molecule is O=C(CNc1cccc([N+](=O)[O-])c1)N1CCC[C@H]1c1ccc2c(c1)OCCCO2. The van der Waals surface area contributed by atoms with Crippen molar-refractivity contribution in [1.29, 1.82) is 0 Å². The summed E-state index contributed by atoms with van der Waals surface area (Å²) in [6, 6.07) is 12.0. The number of non-ortho nitro benzene ring substituents is 1. The molecule has 0 bridgehead atoms. The van der Waals surface area contributed by atoms with E-state index in [1.165, 1.54) is 12.1 Å². The van der Waals surface area contributed by atoms with E-state index in [1.807, 2.05) is 23.1 Å². The molecule has 2 aromatic rings. The molecule has 8 nitrogen and oxygen atoms in total. The minimum Gasteiger partial charge on any atom is -0.490 e. The summed E-state index contributed by atoms with van der Waals surface area (Å²) in [6.07, 6.45) is 2.67. The van der Waals surface area contributed by atoms with Crippen molar-refractivity contribution in [3.63, 3.8) is 0 Å². The predicted octanol–water partition coefficient (Wildman–Crippen LogP) is 3.53. The average Bonchev–Trinajstić information content (AvgIpc) is 3.11. The fraction of sp³-hybridized carbons (Fsp3) is 0.381. The number of nitro benzene ring substituents is 1. The second kappa shape index (κ2) is 8.38. The quantitative estimate of drug-likeness (QED) is 0.613. The number of nitrogens with zero attached hydrogens (tertiary/aromatic N) is 2. The van der Waals surface area contributed by atoms with Gasteiger partial charge < -0.3 is 19.7 Å². The van der Waals surface area contributed by atoms with Gasteiger partial charge in [-0.15, -0.1) is 0 Å². The second-order valence-corrected chi connectivity index (χ2v) is 7.16. The monoisotopic (exact) mass is 397 g/mol. The Morgan fingerprint density at radius 3 is 2.79 bits per heavy atom. The fourth-order valence-corrected chi connectivity index (χ4v) is 3.81. The zero-order valence-electron chi connectivity index (χ0n) is 16.0. The standard InChI is InChI=1S/C21H23N3O5/c25-21(14-22-16-4-1-5-17(13-16)24(26)27)23-9-2-6-18(23)15-7-8-19-20(12-15)29-11-3-10-28-19/h1,4-5,7-8,12-13,18,22H,2-3,6,9-11,14H2/t18-/m0/s1. The van der Waals surface area contributed by atoms with Crippen molar-refractivity contribution in [3.8, 4) is 11.5 Å². The molecule has 2 aliphatic heterocycles. The van der Waals surface area contributed by atoms with Gasteiger partial charge in [0, 0.05) is 30.8 Å². The third-order valence-electron chi connectivity index (χ3n) is 5.23. The molecule has 8 heteroatoms. The van der Waals surface area contributed by atoms with Crippen LogP contribution in [0.5, 0.6) is 11.5 Å². The summed E-state index contributed by atoms with van der Waals surface area (Å²) in [6.45, 7) is 2.04. The van der Waals surface area contributed by atoms with Crippen LogP contribution in [0.15, 0.2) is 42.5 Å². The normalized spacial score (nSPS) is 18.2. The first-order valence-electron chi connectivity index (χ1n) is 9.79. The maximum absolute atomic E-state index is 12.8. The third kappa shape index (κ3) is 4.26. The Kier molecular flexibility index (Phi) is 5.50. The van der Waals surface area contributed by atoms with Crippen LogP contribution in [0.3, 0.4) is 0 Å². The summed E-state index contributed by atoms with van der Waals surface area (Å²) in [4.78, 5) is 25.2. The second-order valence-electron chi connectivity index (χ2n) is 7.16. The molecule has 2 heterocycles. The van der Waals surface area contributed by atoms with E-state index in [9.17, 15) is 14.9 Å². The van der Waals surface area contributed by atoms with Crippen molar-refractivity contribution in [2.75, 3.05) is 31.6 Å². The lowest BCUT2D eigenvalue weighted by Gasteiger charge is -2.26. The minimum absolute atomic E-state index is 0.00584. The summed E-state index contributed by atoms with van der Waals surface area (Å²) in [7, 11) is 0. The predicted molar refractivity (Wildman–Crippen MR) is 107 cm³/mol. The van der Waals surface area contributed by atoms with E-state index >= 15 is 0 Å². The lowest BCUT2D eigenvalue weighted by atomic mass is 10.0. The van der Waals surface area contributed by atoms with Gasteiger partial charge in [-0.05, 0) is 36.6 Å². The van der Waals surface area contributed by atoms with Crippen molar-refractivity contribution in [2.45, 2.75) is 25.3 Å². The number of nitro groups is 1. The number of likely N-dealkylation sites (tertiary alicyclic amines) is 1. The summed E-state index contributed by atoms with van der Waals surface area (Å²) < 4.78 is 11.5. The topological polar surface area (TPSA) is 93.9 Å². The van der Waals surface area contributed by atoms with Crippen molar-refractivity contribution < 1.29 is 19.2 Å². The molecule has 0 unspecified atom stereocenters. The van der Waals surface area contributed by atoms with Crippen LogP contribution in [0.2, 0.25) is 0 Å². The number of fused-ring (bicyclic) bond motifs is 1. The van der Waals surface area contributed by atoms with Gasteiger partial charge in [-0.25, -0.2) is 0 Å². The molecule has 0 radical (unpaired) electrons. The van der Waals surface area contributed by atoms with E-state index in [1.54, 1.807) is 12.1 Å². The number of hydrogen-bond donors (Lipinski definition) is 1. The number of rotatable bonds is 5. The van der Waals surface area contributed by atoms with Gasteiger partial charge in [-0.2, -0.15) is 0 Å². The molecule has 1 saturated heterocycles. The Bertz CT molecular complexity index is 917. The highest BCUT2D eigenvalue weighted by atomic mass is 16.6. The average molecular weight is 397 g/mol. The minimum atomic E-state index is -0.451. The van der Waals surface area contributed by atoms with Gasteiger partial charge in [0.25, 0.3) is 5.69 Å². The van der Waals surface area contributed by atoms with Crippen LogP contribution in [0.25, 0.3) is 0 Å². The van der Waals surface area contributed by atoms with Crippen molar-refractivity contribution in [1.82, 2.24) is 4.90 Å². The number of amides is 1. The Morgan fingerprint density at radius 2 is 1.97 bits per heavy atom. The van der Waals surface area contributed by atoms with Crippen LogP contribution in [0, 0.1) is 10.1 Å². The molecule has 1 amide bonds. The number of ether oxygens (including phenoxy) is 2. The molecule has 2 aliphatic rings. The smallest absolute Gasteiger partial charge is 0.271 e. The van der Waals surface area contributed by atoms with E-state index < -0.39 is 4.92 Å². The molecule has 0 aliphatic carbocycles. The highest BCUT2D eigenvalue weighted by molar-refractivity contribution is 5.81. The van der Waals surface area contributed by atoms with Gasteiger partial charge in [0.05, 0.1) is 30.7 Å². The van der Waals surface area contributed by atoms with E-state index in [4.69, 9.17) is 9.47 Å². The lowest BCUT2D eigenvalue weighted by molar-refractivity contribution is -0.384. The lowest BCUT2D eigenvalue weighted by Crippen LogP contribution is -2.35. The maximum atomic E-state index is 12.8. The molecule has 1 fully saturated rings. The van der Waals surface area contributed by atoms with E-state index in [2.05, 4.69) is 5.32 Å². The third-order valence-corrected chi connectivity index (χ3v) is 5.23. The number of hydrogen-bond acceptors (Lipinski definition) is 6. The number of anilines is 1. The molecular formula is C21H23N3O5. The number of benzene rings is 2. The molecule has 1 atom stereocenters. The van der Waals surface area contributed by atoms with Crippen LogP contribution >= 0.6 is 0 Å². The molecule has 0 saturated carbocycles. The Morgan fingerprint density at radius 1 is 1.14 bits per heavy atom. The van der Waals surface area contributed by atoms with Gasteiger partial charge in [0.1, 0.15) is 0 Å². The van der Waals surface area contributed by atoms with Crippen molar-refractivity contribution >= 4 is 17.3 Å². The molecular weight excluding hydrogens is 374 g/mol. The Balaban J connectivity index is 1.44. The summed E-state index contributed by atoms with van der Waals surface area (Å²) in [5.41, 5.74) is 1.59. The molecule has 4 rings (SSSR count). The summed E-state index contributed by atoms with van der Waals surface area (Å²) >= 11 is 0. The van der Waals surface area contributed by atoms with Crippen LogP contribution in [0.1, 0.15) is 30.9 Å². The van der Waals surface area contributed by atoms with Gasteiger partial charge in [-0.3, -0.25) is 14.9 Å². The highest BCUT2D eigenvalue weighted by Crippen LogP contribution is 2.38. The zero-order valence-corrected chi connectivity index (χ0v) is 16.0. The van der Waals surface area contributed by atoms with Crippen molar-refractivity contribution in [2.24, 2.45) is 0 Å². The number of nitrogens with one attached hydrogen (secondary N) is 1. The Labute approximate surface area is 168 Å². The fourth-order valence-electron chi connectivity index (χ4n) is 3.81. The zero-order chi connectivity index (χ0) is 20.2. The highest BCUT2D eigenvalue weighted by Gasteiger charge is 2.30. The van der Waals surface area contributed by atoms with Crippen LogP contribution in [-0.2, 0) is 4.79 Å². The summed E-state index contributed by atoms with van der Waals surface area (Å²) in [5.74, 6) is 1.44. The maximum Gasteiger partial charge on any atom is 0.271 e. The van der Waals surface area contributed by atoms with E-state index in [0.717, 1.165) is 36.3 Å². The first-order chi connectivity index (χ1) is 14.1. The van der Waals surface area contributed by atoms with Crippen molar-refractivity contribution in [3.05, 3.63) is 58.1 Å². The van der Waals surface area contributed by atoms with Crippen LogP contribution < -0.4 is 14.8 Å². The van der Waals surface area contributed by atoms with E-state index in [0.29, 0.717) is 25.4 Å². The molecule has 0 spiro atoms. The first-order valence-corrected chi connectivity index (χ1v) is 9.79. The van der Waals surface area contributed by atoms with Crippen LogP contribution in [0.4, 0.5) is 11.4 Å². The molecule has 29 heavy (non-hydrogen) atoms. The first kappa shape index (κ1) is 19.0. The molecule has 2 aromatic carbocycles. The largest absolute Gasteiger partial charge is 0.490 e. The van der Waals surface area contributed by atoms with Gasteiger partial charge in [0.2, 0.25) is 5.91 Å².